The van der Waals surface area contributed by atoms with Crippen molar-refractivity contribution in [1.82, 2.24) is 9.97 Å². The molecule has 3 N–H and O–H groups in total. The van der Waals surface area contributed by atoms with Gasteiger partial charge >= 0.3 is 0 Å². The number of aryl methyl sites for hydroxylation is 2. The monoisotopic (exact) mass is 398 g/mol. The molecule has 0 spiro atoms. The van der Waals surface area contributed by atoms with E-state index in [9.17, 15) is 4.79 Å². The summed E-state index contributed by atoms with van der Waals surface area (Å²) < 4.78 is 1.04. The second-order valence-corrected chi connectivity index (χ2v) is 5.87. The molecule has 104 valence electrons. The van der Waals surface area contributed by atoms with E-state index in [0.29, 0.717) is 26.3 Å². The molecule has 0 aliphatic rings. The molecule has 1 amide bonds. The maximum Gasteiger partial charge on any atom is 0.257 e. The molecule has 1 heterocycles. The number of nitrogen functional groups attached to an aromatic ring is 1. The molecule has 2 aromatic rings. The molecule has 0 radical (unpaired) electrons. The van der Waals surface area contributed by atoms with Crippen molar-refractivity contribution >= 4 is 49.3 Å². The van der Waals surface area contributed by atoms with Crippen molar-refractivity contribution < 1.29 is 4.79 Å². The Hall–Kier alpha value is -1.47. The minimum Gasteiger partial charge on any atom is -0.398 e. The predicted octanol–water partition coefficient (Wildman–Crippen LogP) is 3.45. The fraction of sp³-hybridized carbons (Fsp3) is 0.154. The third-order valence-electron chi connectivity index (χ3n) is 2.79. The van der Waals surface area contributed by atoms with E-state index in [1.165, 1.54) is 6.20 Å². The van der Waals surface area contributed by atoms with Crippen molar-refractivity contribution in [3.8, 4) is 0 Å². The average Bonchev–Trinajstić information content (AvgIpc) is 2.37. The van der Waals surface area contributed by atoms with Crippen LogP contribution in [0.3, 0.4) is 0 Å². The molecular formula is C13H12Br2N4O. The van der Waals surface area contributed by atoms with Crippen molar-refractivity contribution in [3.05, 3.63) is 44.2 Å². The molecule has 1 aromatic heterocycles. The van der Waals surface area contributed by atoms with Gasteiger partial charge in [-0.25, -0.2) is 9.97 Å². The van der Waals surface area contributed by atoms with Crippen LogP contribution >= 0.6 is 31.9 Å². The zero-order valence-corrected chi connectivity index (χ0v) is 14.0. The van der Waals surface area contributed by atoms with E-state index in [-0.39, 0.29) is 5.91 Å². The zero-order chi connectivity index (χ0) is 14.9. The number of benzene rings is 1. The van der Waals surface area contributed by atoms with Gasteiger partial charge in [0.2, 0.25) is 0 Å². The van der Waals surface area contributed by atoms with Gasteiger partial charge < -0.3 is 11.1 Å². The van der Waals surface area contributed by atoms with Crippen LogP contribution in [0.15, 0.2) is 27.5 Å². The lowest BCUT2D eigenvalue weighted by Crippen LogP contribution is -2.15. The van der Waals surface area contributed by atoms with Gasteiger partial charge in [-0.15, -0.1) is 0 Å². The average molecular weight is 400 g/mol. The highest BCUT2D eigenvalue weighted by molar-refractivity contribution is 9.11. The van der Waals surface area contributed by atoms with Crippen LogP contribution in [0.25, 0.3) is 0 Å². The third-order valence-corrected chi connectivity index (χ3v) is 3.73. The molecule has 0 unspecified atom stereocenters. The number of hydrogen-bond acceptors (Lipinski definition) is 4. The van der Waals surface area contributed by atoms with E-state index in [4.69, 9.17) is 5.73 Å². The molecule has 2 rings (SSSR count). The highest BCUT2D eigenvalue weighted by Crippen LogP contribution is 2.22. The van der Waals surface area contributed by atoms with Crippen molar-refractivity contribution in [2.24, 2.45) is 0 Å². The summed E-state index contributed by atoms with van der Waals surface area (Å²) in [5.74, 6) is 0.0864. The van der Waals surface area contributed by atoms with Crippen LogP contribution in [0.2, 0.25) is 0 Å². The standard InChI is InChI=1S/C13H12Br2N4O/c1-6-3-7(2)9(16)4-8(6)13(20)19-12-11(15)18-10(14)5-17-12/h3-5H,16H2,1-2H3,(H,17,19,20). The van der Waals surface area contributed by atoms with Crippen LogP contribution in [-0.4, -0.2) is 15.9 Å². The summed E-state index contributed by atoms with van der Waals surface area (Å²) in [7, 11) is 0. The van der Waals surface area contributed by atoms with Crippen LogP contribution in [0.5, 0.6) is 0 Å². The third kappa shape index (κ3) is 3.16. The Kier molecular flexibility index (Phi) is 4.39. The minimum atomic E-state index is -0.272. The topological polar surface area (TPSA) is 80.9 Å². The number of nitrogens with two attached hydrogens (primary N) is 1. The summed E-state index contributed by atoms with van der Waals surface area (Å²) in [5, 5.41) is 2.71. The molecule has 0 saturated heterocycles. The van der Waals surface area contributed by atoms with Crippen molar-refractivity contribution in [2.75, 3.05) is 11.1 Å². The molecule has 0 saturated carbocycles. The Morgan fingerprint density at radius 3 is 2.60 bits per heavy atom. The van der Waals surface area contributed by atoms with E-state index in [2.05, 4.69) is 47.1 Å². The Labute approximate surface area is 133 Å². The number of carbonyl (C=O) groups is 1. The Morgan fingerprint density at radius 2 is 1.95 bits per heavy atom. The smallest absolute Gasteiger partial charge is 0.257 e. The Balaban J connectivity index is 2.31. The first-order valence-electron chi connectivity index (χ1n) is 5.74. The largest absolute Gasteiger partial charge is 0.398 e. The van der Waals surface area contributed by atoms with Crippen molar-refractivity contribution in [2.45, 2.75) is 13.8 Å². The first-order chi connectivity index (χ1) is 9.38. The molecule has 0 aliphatic heterocycles. The van der Waals surface area contributed by atoms with Gasteiger partial charge in [0.15, 0.2) is 5.82 Å². The summed E-state index contributed by atoms with van der Waals surface area (Å²) >= 11 is 6.45. The van der Waals surface area contributed by atoms with Gasteiger partial charge in [0.25, 0.3) is 5.91 Å². The van der Waals surface area contributed by atoms with Gasteiger partial charge in [0, 0.05) is 11.3 Å². The molecule has 0 atom stereocenters. The number of nitrogens with one attached hydrogen (secondary N) is 1. The number of halogens is 2. The Morgan fingerprint density at radius 1 is 1.25 bits per heavy atom. The molecular weight excluding hydrogens is 388 g/mol. The first kappa shape index (κ1) is 14.9. The first-order valence-corrected chi connectivity index (χ1v) is 7.33. The molecule has 20 heavy (non-hydrogen) atoms. The molecule has 1 aromatic carbocycles. The van der Waals surface area contributed by atoms with E-state index in [1.54, 1.807) is 6.07 Å². The predicted molar refractivity (Wildman–Crippen MR) is 85.7 cm³/mol. The number of rotatable bonds is 2. The number of carbonyl (C=O) groups excluding carboxylic acids is 1. The second-order valence-electron chi connectivity index (χ2n) is 4.31. The fourth-order valence-corrected chi connectivity index (χ4v) is 2.63. The molecule has 0 fully saturated rings. The van der Waals surface area contributed by atoms with Gasteiger partial charge in [-0.05, 0) is 62.9 Å². The summed E-state index contributed by atoms with van der Waals surface area (Å²) in [6.45, 7) is 3.77. The summed E-state index contributed by atoms with van der Waals surface area (Å²) in [6.07, 6.45) is 1.51. The summed E-state index contributed by atoms with van der Waals surface area (Å²) in [6, 6.07) is 3.55. The number of amides is 1. The normalized spacial score (nSPS) is 10.4. The molecule has 0 bridgehead atoms. The van der Waals surface area contributed by atoms with E-state index < -0.39 is 0 Å². The Bertz CT molecular complexity index is 688. The maximum absolute atomic E-state index is 12.3. The van der Waals surface area contributed by atoms with Crippen LogP contribution in [-0.2, 0) is 0 Å². The van der Waals surface area contributed by atoms with Crippen LogP contribution in [0.1, 0.15) is 21.5 Å². The number of aromatic nitrogens is 2. The van der Waals surface area contributed by atoms with Crippen molar-refractivity contribution in [3.63, 3.8) is 0 Å². The fourth-order valence-electron chi connectivity index (χ4n) is 1.72. The lowest BCUT2D eigenvalue weighted by atomic mass is 10.0. The van der Waals surface area contributed by atoms with Gasteiger partial charge in [-0.3, -0.25) is 4.79 Å². The van der Waals surface area contributed by atoms with E-state index in [1.807, 2.05) is 19.9 Å². The van der Waals surface area contributed by atoms with Gasteiger partial charge in [0.1, 0.15) is 9.21 Å². The minimum absolute atomic E-state index is 0.272. The molecule has 7 heteroatoms. The van der Waals surface area contributed by atoms with E-state index in [0.717, 1.165) is 11.1 Å². The number of hydrogen-bond donors (Lipinski definition) is 2. The van der Waals surface area contributed by atoms with Gasteiger partial charge in [-0.1, -0.05) is 6.07 Å². The summed E-state index contributed by atoms with van der Waals surface area (Å²) in [5.41, 5.74) is 8.75. The highest BCUT2D eigenvalue weighted by Gasteiger charge is 2.14. The van der Waals surface area contributed by atoms with Gasteiger partial charge in [-0.2, -0.15) is 0 Å². The van der Waals surface area contributed by atoms with Gasteiger partial charge in [0.05, 0.1) is 6.20 Å². The SMILES string of the molecule is Cc1cc(C)c(C(=O)Nc2ncc(Br)nc2Br)cc1N. The lowest BCUT2D eigenvalue weighted by Gasteiger charge is -2.10. The summed E-state index contributed by atoms with van der Waals surface area (Å²) in [4.78, 5) is 20.5. The van der Waals surface area contributed by atoms with Crippen LogP contribution < -0.4 is 11.1 Å². The lowest BCUT2D eigenvalue weighted by molar-refractivity contribution is 0.102. The van der Waals surface area contributed by atoms with Crippen LogP contribution in [0.4, 0.5) is 11.5 Å². The van der Waals surface area contributed by atoms with Crippen LogP contribution in [0, 0.1) is 13.8 Å². The second kappa shape index (κ2) is 5.88. The molecule has 0 aliphatic carbocycles. The maximum atomic E-state index is 12.3. The number of anilines is 2. The zero-order valence-electron chi connectivity index (χ0n) is 10.9. The van der Waals surface area contributed by atoms with Crippen molar-refractivity contribution in [1.29, 1.82) is 0 Å². The quantitative estimate of drug-likeness (QED) is 0.757. The highest BCUT2D eigenvalue weighted by atomic mass is 79.9. The number of nitrogens with zero attached hydrogens (tertiary/aromatic N) is 2. The molecule has 5 nitrogen and oxygen atoms in total. The van der Waals surface area contributed by atoms with E-state index >= 15 is 0 Å².